The van der Waals surface area contributed by atoms with E-state index in [1.54, 1.807) is 0 Å². The number of anilines is 6. The van der Waals surface area contributed by atoms with Gasteiger partial charge in [-0.3, -0.25) is 0 Å². The zero-order valence-corrected chi connectivity index (χ0v) is 30.6. The van der Waals surface area contributed by atoms with Crippen molar-refractivity contribution in [2.24, 2.45) is 0 Å². The molecule has 1 aliphatic heterocycles. The third-order valence-corrected chi connectivity index (χ3v) is 11.5. The fourth-order valence-electron chi connectivity index (χ4n) is 9.14. The second kappa shape index (κ2) is 12.9. The van der Waals surface area contributed by atoms with Crippen molar-refractivity contribution in [2.75, 3.05) is 9.80 Å². The molecule has 56 heavy (non-hydrogen) atoms. The van der Waals surface area contributed by atoms with Crippen molar-refractivity contribution in [2.45, 2.75) is 5.41 Å². The quantitative estimate of drug-likeness (QED) is 0.170. The minimum atomic E-state index is -0.656. The molecule has 3 heteroatoms. The van der Waals surface area contributed by atoms with Gasteiger partial charge in [-0.15, -0.1) is 0 Å². The predicted octanol–water partition coefficient (Wildman–Crippen LogP) is 14.2. The number of fused-ring (bicyclic) bond motifs is 11. The van der Waals surface area contributed by atoms with E-state index in [4.69, 9.17) is 4.74 Å². The van der Waals surface area contributed by atoms with E-state index in [1.807, 2.05) is 0 Å². The van der Waals surface area contributed by atoms with Crippen LogP contribution in [0.2, 0.25) is 0 Å². The highest BCUT2D eigenvalue weighted by atomic mass is 16.5. The Labute approximate surface area is 326 Å². The summed E-state index contributed by atoms with van der Waals surface area (Å²) >= 11 is 0. The Morgan fingerprint density at radius 1 is 0.321 bits per heavy atom. The molecule has 0 fully saturated rings. The van der Waals surface area contributed by atoms with Crippen LogP contribution in [0.1, 0.15) is 22.3 Å². The van der Waals surface area contributed by atoms with Crippen molar-refractivity contribution < 1.29 is 4.74 Å². The van der Waals surface area contributed by atoms with Gasteiger partial charge >= 0.3 is 0 Å². The van der Waals surface area contributed by atoms with Gasteiger partial charge in [0.05, 0.1) is 5.41 Å². The Hall–Kier alpha value is -7.36. The van der Waals surface area contributed by atoms with Gasteiger partial charge in [0.2, 0.25) is 0 Å². The van der Waals surface area contributed by atoms with Crippen molar-refractivity contribution in [3.63, 3.8) is 0 Å². The van der Waals surface area contributed by atoms with Gasteiger partial charge in [0, 0.05) is 50.6 Å². The van der Waals surface area contributed by atoms with Gasteiger partial charge in [0.15, 0.2) is 0 Å². The maximum absolute atomic E-state index is 7.10. The molecule has 9 aromatic carbocycles. The highest BCUT2D eigenvalue weighted by molar-refractivity contribution is 5.97. The normalized spacial score (nSPS) is 14.6. The monoisotopic (exact) mass is 716 g/mol. The lowest BCUT2D eigenvalue weighted by Gasteiger charge is -2.40. The SMILES string of the molecule is c1ccc(N(c2ccccc2)c2ccc3c(c2)-c2ccccc2C32c3cc(N(c4ccccc4)c4ccccc4)ccc3Oc3c2ccc2ccccc32)cc1. The molecule has 3 nitrogen and oxygen atoms in total. The van der Waals surface area contributed by atoms with Crippen molar-refractivity contribution in [3.8, 4) is 22.6 Å². The van der Waals surface area contributed by atoms with E-state index in [0.29, 0.717) is 0 Å². The molecule has 0 saturated carbocycles. The Kier molecular flexibility index (Phi) is 7.39. The largest absolute Gasteiger partial charge is 0.456 e. The lowest BCUT2D eigenvalue weighted by molar-refractivity contribution is 0.442. The molecular weight excluding hydrogens is 681 g/mol. The summed E-state index contributed by atoms with van der Waals surface area (Å²) in [5, 5.41) is 2.26. The highest BCUT2D eigenvalue weighted by Crippen LogP contribution is 2.64. The summed E-state index contributed by atoms with van der Waals surface area (Å²) in [5.74, 6) is 1.77. The average Bonchev–Trinajstić information content (AvgIpc) is 3.55. The van der Waals surface area contributed by atoms with Crippen LogP contribution >= 0.6 is 0 Å². The van der Waals surface area contributed by atoms with E-state index >= 15 is 0 Å². The number of ether oxygens (including phenoxy) is 1. The topological polar surface area (TPSA) is 15.7 Å². The summed E-state index contributed by atoms with van der Waals surface area (Å²) in [7, 11) is 0. The first-order valence-corrected chi connectivity index (χ1v) is 19.2. The second-order valence-corrected chi connectivity index (χ2v) is 14.5. The molecule has 0 radical (unpaired) electrons. The molecule has 1 aliphatic carbocycles. The molecule has 0 N–H and O–H groups in total. The standard InChI is InChI=1S/C53H36N2O/c1-5-18-38(19-6-1)54(39-20-7-2-8-21-39)42-30-33-48-46(35-42)45-27-15-16-28-47(45)53(48)49-32-29-37-17-13-14-26-44(37)52(49)56-51-34-31-43(36-50(51)53)55(40-22-9-3-10-23-40)41-24-11-4-12-25-41/h1-36H. The van der Waals surface area contributed by atoms with Crippen LogP contribution in [0.15, 0.2) is 218 Å². The summed E-state index contributed by atoms with van der Waals surface area (Å²) in [6.07, 6.45) is 0. The van der Waals surface area contributed by atoms with Gasteiger partial charge in [-0.1, -0.05) is 140 Å². The molecule has 1 heterocycles. The molecule has 1 unspecified atom stereocenters. The van der Waals surface area contributed by atoms with E-state index in [0.717, 1.165) is 67.5 Å². The fraction of sp³-hybridized carbons (Fsp3) is 0.0189. The summed E-state index contributed by atoms with van der Waals surface area (Å²) in [6.45, 7) is 0. The molecule has 11 rings (SSSR count). The molecule has 1 spiro atoms. The van der Waals surface area contributed by atoms with Crippen LogP contribution in [0.25, 0.3) is 21.9 Å². The molecule has 1 atom stereocenters. The highest BCUT2D eigenvalue weighted by Gasteiger charge is 2.52. The number of para-hydroxylation sites is 4. The molecule has 264 valence electrons. The third-order valence-electron chi connectivity index (χ3n) is 11.5. The lowest BCUT2D eigenvalue weighted by atomic mass is 9.65. The number of nitrogens with zero attached hydrogens (tertiary/aromatic N) is 2. The zero-order chi connectivity index (χ0) is 37.1. The Bertz CT molecular complexity index is 2810. The molecule has 9 aromatic rings. The van der Waals surface area contributed by atoms with Crippen LogP contribution in [0.5, 0.6) is 11.5 Å². The fourth-order valence-corrected chi connectivity index (χ4v) is 9.14. The second-order valence-electron chi connectivity index (χ2n) is 14.5. The molecule has 0 bridgehead atoms. The van der Waals surface area contributed by atoms with Gasteiger partial charge in [-0.25, -0.2) is 0 Å². The van der Waals surface area contributed by atoms with E-state index in [-0.39, 0.29) is 0 Å². The minimum absolute atomic E-state index is 0.656. The summed E-state index contributed by atoms with van der Waals surface area (Å²) < 4.78 is 7.10. The van der Waals surface area contributed by atoms with Crippen LogP contribution in [0.3, 0.4) is 0 Å². The van der Waals surface area contributed by atoms with Gasteiger partial charge in [-0.2, -0.15) is 0 Å². The summed E-state index contributed by atoms with van der Waals surface area (Å²) in [5.41, 5.74) is 13.1. The Balaban J connectivity index is 1.20. The first kappa shape index (κ1) is 32.1. The van der Waals surface area contributed by atoms with Crippen molar-refractivity contribution >= 4 is 44.9 Å². The van der Waals surface area contributed by atoms with Crippen molar-refractivity contribution in [1.29, 1.82) is 0 Å². The molecule has 0 saturated heterocycles. The first-order chi connectivity index (χ1) is 27.8. The summed E-state index contributed by atoms with van der Waals surface area (Å²) in [6, 6.07) is 78.5. The maximum atomic E-state index is 7.10. The Morgan fingerprint density at radius 3 is 1.43 bits per heavy atom. The van der Waals surface area contributed by atoms with E-state index in [1.165, 1.54) is 22.3 Å². The van der Waals surface area contributed by atoms with Gasteiger partial charge in [0.25, 0.3) is 0 Å². The first-order valence-electron chi connectivity index (χ1n) is 19.2. The van der Waals surface area contributed by atoms with Gasteiger partial charge in [0.1, 0.15) is 11.5 Å². The smallest absolute Gasteiger partial charge is 0.140 e. The van der Waals surface area contributed by atoms with E-state index in [2.05, 4.69) is 228 Å². The van der Waals surface area contributed by atoms with Gasteiger partial charge < -0.3 is 14.5 Å². The van der Waals surface area contributed by atoms with E-state index in [9.17, 15) is 0 Å². The maximum Gasteiger partial charge on any atom is 0.140 e. The number of rotatable bonds is 6. The third kappa shape index (κ3) is 4.84. The Morgan fingerprint density at radius 2 is 0.804 bits per heavy atom. The number of benzene rings is 9. The van der Waals surface area contributed by atoms with Crippen LogP contribution in [-0.2, 0) is 5.41 Å². The van der Waals surface area contributed by atoms with Crippen LogP contribution < -0.4 is 14.5 Å². The van der Waals surface area contributed by atoms with Crippen LogP contribution in [0, 0.1) is 0 Å². The lowest BCUT2D eigenvalue weighted by Crippen LogP contribution is -2.32. The van der Waals surface area contributed by atoms with Crippen LogP contribution in [0.4, 0.5) is 34.1 Å². The van der Waals surface area contributed by atoms with Crippen molar-refractivity contribution in [3.05, 3.63) is 241 Å². The molecule has 0 amide bonds. The molecular formula is C53H36N2O. The number of hydrogen-bond acceptors (Lipinski definition) is 3. The molecule has 2 aliphatic rings. The van der Waals surface area contributed by atoms with Crippen LogP contribution in [-0.4, -0.2) is 0 Å². The van der Waals surface area contributed by atoms with Gasteiger partial charge in [-0.05, 0) is 107 Å². The zero-order valence-electron chi connectivity index (χ0n) is 30.6. The minimum Gasteiger partial charge on any atom is -0.456 e. The predicted molar refractivity (Wildman–Crippen MR) is 231 cm³/mol. The van der Waals surface area contributed by atoms with E-state index < -0.39 is 5.41 Å². The summed E-state index contributed by atoms with van der Waals surface area (Å²) in [4.78, 5) is 4.69. The average molecular weight is 717 g/mol. The number of hydrogen-bond donors (Lipinski definition) is 0. The van der Waals surface area contributed by atoms with Crippen molar-refractivity contribution in [1.82, 2.24) is 0 Å². The molecule has 0 aromatic heterocycles.